The molecule has 0 amide bonds. The van der Waals surface area contributed by atoms with Gasteiger partial charge in [0, 0.05) is 31.0 Å². The Balaban J connectivity index is 2.05. The molecule has 0 unspecified atom stereocenters. The summed E-state index contributed by atoms with van der Waals surface area (Å²) in [4.78, 5) is 10.3. The van der Waals surface area contributed by atoms with E-state index in [-0.39, 0.29) is 5.75 Å². The van der Waals surface area contributed by atoms with Crippen LogP contribution in [0, 0.1) is 0 Å². The van der Waals surface area contributed by atoms with Crippen LogP contribution in [0.4, 0.5) is 5.69 Å². The van der Waals surface area contributed by atoms with E-state index < -0.39 is 0 Å². The lowest BCUT2D eigenvalue weighted by atomic mass is 10.2. The number of hydrogen-bond donors (Lipinski definition) is 1. The fraction of sp³-hybridized carbons (Fsp3) is 0.333. The van der Waals surface area contributed by atoms with E-state index in [2.05, 4.69) is 14.9 Å². The summed E-state index contributed by atoms with van der Waals surface area (Å²) in [5.41, 5.74) is 1.75. The molecule has 1 fully saturated rings. The lowest BCUT2D eigenvalue weighted by molar-refractivity contribution is 0.122. The predicted molar refractivity (Wildman–Crippen MR) is 64.2 cm³/mol. The van der Waals surface area contributed by atoms with Crippen LogP contribution in [-0.2, 0) is 4.74 Å². The minimum atomic E-state index is 0.226. The molecular formula is C12H13N3O2. The average Bonchev–Trinajstić information content (AvgIpc) is 2.40. The van der Waals surface area contributed by atoms with Gasteiger partial charge in [0.1, 0.15) is 12.1 Å². The van der Waals surface area contributed by atoms with E-state index in [1.165, 1.54) is 6.33 Å². The van der Waals surface area contributed by atoms with Gasteiger partial charge in [-0.2, -0.15) is 0 Å². The number of aromatic hydroxyl groups is 1. The maximum Gasteiger partial charge on any atom is 0.128 e. The zero-order chi connectivity index (χ0) is 11.7. The van der Waals surface area contributed by atoms with Crippen molar-refractivity contribution in [2.24, 2.45) is 0 Å². The van der Waals surface area contributed by atoms with Gasteiger partial charge in [0.15, 0.2) is 0 Å². The molecule has 0 saturated carbocycles. The number of morpholine rings is 1. The molecule has 0 radical (unpaired) electrons. The summed E-state index contributed by atoms with van der Waals surface area (Å²) in [7, 11) is 0. The van der Waals surface area contributed by atoms with Gasteiger partial charge in [-0.3, -0.25) is 0 Å². The van der Waals surface area contributed by atoms with E-state index >= 15 is 0 Å². The number of nitrogens with zero attached hydrogens (tertiary/aromatic N) is 3. The van der Waals surface area contributed by atoms with E-state index in [9.17, 15) is 5.11 Å². The Bertz CT molecular complexity index is 538. The lowest BCUT2D eigenvalue weighted by Crippen LogP contribution is -2.36. The van der Waals surface area contributed by atoms with Gasteiger partial charge in [0.2, 0.25) is 0 Å². The Hall–Kier alpha value is -1.88. The molecule has 5 nitrogen and oxygen atoms in total. The van der Waals surface area contributed by atoms with Crippen LogP contribution < -0.4 is 4.90 Å². The van der Waals surface area contributed by atoms with Gasteiger partial charge in [-0.25, -0.2) is 9.97 Å². The highest BCUT2D eigenvalue weighted by molar-refractivity contribution is 5.87. The highest BCUT2D eigenvalue weighted by Gasteiger charge is 2.13. The van der Waals surface area contributed by atoms with Crippen molar-refractivity contribution in [2.75, 3.05) is 31.2 Å². The van der Waals surface area contributed by atoms with E-state index in [1.54, 1.807) is 12.3 Å². The Labute approximate surface area is 98.7 Å². The minimum absolute atomic E-state index is 0.226. The second kappa shape index (κ2) is 4.18. The van der Waals surface area contributed by atoms with E-state index in [4.69, 9.17) is 4.74 Å². The van der Waals surface area contributed by atoms with E-state index in [0.29, 0.717) is 5.39 Å². The average molecular weight is 231 g/mol. The number of fused-ring (bicyclic) bond motifs is 1. The fourth-order valence-electron chi connectivity index (χ4n) is 2.06. The molecule has 88 valence electrons. The summed E-state index contributed by atoms with van der Waals surface area (Å²) in [6.07, 6.45) is 3.12. The van der Waals surface area contributed by atoms with Gasteiger partial charge < -0.3 is 14.7 Å². The van der Waals surface area contributed by atoms with Crippen molar-refractivity contribution >= 4 is 16.6 Å². The summed E-state index contributed by atoms with van der Waals surface area (Å²) >= 11 is 0. The normalized spacial score (nSPS) is 16.4. The van der Waals surface area contributed by atoms with Gasteiger partial charge in [-0.05, 0) is 6.07 Å². The first kappa shape index (κ1) is 10.3. The first-order valence-corrected chi connectivity index (χ1v) is 5.60. The molecule has 1 saturated heterocycles. The molecule has 0 aliphatic carbocycles. The third-order valence-electron chi connectivity index (χ3n) is 2.96. The molecule has 1 aliphatic rings. The second-order valence-electron chi connectivity index (χ2n) is 4.02. The van der Waals surface area contributed by atoms with Crippen molar-refractivity contribution in [3.8, 4) is 5.75 Å². The SMILES string of the molecule is Oc1cc(N2CCOCC2)cc2ncncc12. The zero-order valence-electron chi connectivity index (χ0n) is 9.33. The van der Waals surface area contributed by atoms with Crippen molar-refractivity contribution in [1.29, 1.82) is 0 Å². The van der Waals surface area contributed by atoms with Crippen LogP contribution in [0.25, 0.3) is 10.9 Å². The third-order valence-corrected chi connectivity index (χ3v) is 2.96. The molecule has 1 N–H and O–H groups in total. The summed E-state index contributed by atoms with van der Waals surface area (Å²) < 4.78 is 5.31. The quantitative estimate of drug-likeness (QED) is 0.798. The third kappa shape index (κ3) is 1.89. The first-order chi connectivity index (χ1) is 8.34. The maximum absolute atomic E-state index is 9.94. The van der Waals surface area contributed by atoms with Gasteiger partial charge in [-0.15, -0.1) is 0 Å². The molecule has 17 heavy (non-hydrogen) atoms. The molecule has 3 rings (SSSR count). The molecule has 0 atom stereocenters. The highest BCUT2D eigenvalue weighted by atomic mass is 16.5. The summed E-state index contributed by atoms with van der Waals surface area (Å²) in [5.74, 6) is 0.226. The summed E-state index contributed by atoms with van der Waals surface area (Å²) in [6, 6.07) is 3.74. The minimum Gasteiger partial charge on any atom is -0.507 e. The van der Waals surface area contributed by atoms with E-state index in [0.717, 1.165) is 37.5 Å². The maximum atomic E-state index is 9.94. The van der Waals surface area contributed by atoms with Crippen molar-refractivity contribution < 1.29 is 9.84 Å². The van der Waals surface area contributed by atoms with Crippen LogP contribution in [0.1, 0.15) is 0 Å². The largest absolute Gasteiger partial charge is 0.507 e. The Morgan fingerprint density at radius 2 is 2.06 bits per heavy atom. The predicted octanol–water partition coefficient (Wildman–Crippen LogP) is 1.17. The van der Waals surface area contributed by atoms with Crippen LogP contribution in [0.5, 0.6) is 5.75 Å². The molecule has 0 spiro atoms. The number of ether oxygens (including phenoxy) is 1. The van der Waals surface area contributed by atoms with Gasteiger partial charge in [0.25, 0.3) is 0 Å². The zero-order valence-corrected chi connectivity index (χ0v) is 9.33. The number of benzene rings is 1. The molecule has 2 aromatic rings. The van der Waals surface area contributed by atoms with Crippen LogP contribution in [0.15, 0.2) is 24.7 Å². The molecule has 1 aromatic carbocycles. The van der Waals surface area contributed by atoms with Crippen molar-refractivity contribution in [3.63, 3.8) is 0 Å². The van der Waals surface area contributed by atoms with Crippen LogP contribution in [0.3, 0.4) is 0 Å². The number of phenols is 1. The number of phenolic OH excluding ortho intramolecular Hbond substituents is 1. The Morgan fingerprint density at radius 3 is 2.88 bits per heavy atom. The smallest absolute Gasteiger partial charge is 0.128 e. The number of rotatable bonds is 1. The number of anilines is 1. The molecule has 0 bridgehead atoms. The lowest BCUT2D eigenvalue weighted by Gasteiger charge is -2.29. The molecule has 1 aliphatic heterocycles. The van der Waals surface area contributed by atoms with Crippen LogP contribution >= 0.6 is 0 Å². The van der Waals surface area contributed by atoms with Gasteiger partial charge in [-0.1, -0.05) is 0 Å². The summed E-state index contributed by atoms with van der Waals surface area (Å²) in [6.45, 7) is 3.14. The monoisotopic (exact) mass is 231 g/mol. The number of hydrogen-bond acceptors (Lipinski definition) is 5. The van der Waals surface area contributed by atoms with Crippen LogP contribution in [-0.4, -0.2) is 41.4 Å². The fourth-order valence-corrected chi connectivity index (χ4v) is 2.06. The van der Waals surface area contributed by atoms with Crippen LogP contribution in [0.2, 0.25) is 0 Å². The first-order valence-electron chi connectivity index (χ1n) is 5.60. The van der Waals surface area contributed by atoms with E-state index in [1.807, 2.05) is 6.07 Å². The van der Waals surface area contributed by atoms with Crippen molar-refractivity contribution in [1.82, 2.24) is 9.97 Å². The molecule has 1 aromatic heterocycles. The van der Waals surface area contributed by atoms with Gasteiger partial charge >= 0.3 is 0 Å². The standard InChI is InChI=1S/C12H13N3O2/c16-12-6-9(15-1-3-17-4-2-15)5-11-10(12)7-13-8-14-11/h5-8,16H,1-4H2. The van der Waals surface area contributed by atoms with Gasteiger partial charge in [0.05, 0.1) is 24.1 Å². The Morgan fingerprint density at radius 1 is 1.24 bits per heavy atom. The second-order valence-corrected chi connectivity index (χ2v) is 4.02. The number of aromatic nitrogens is 2. The topological polar surface area (TPSA) is 58.5 Å². The molecule has 5 heteroatoms. The van der Waals surface area contributed by atoms with Crippen molar-refractivity contribution in [2.45, 2.75) is 0 Å². The van der Waals surface area contributed by atoms with Crippen molar-refractivity contribution in [3.05, 3.63) is 24.7 Å². The molecule has 2 heterocycles. The summed E-state index contributed by atoms with van der Waals surface area (Å²) in [5, 5.41) is 10.6. The Kier molecular flexibility index (Phi) is 2.53. The molecular weight excluding hydrogens is 218 g/mol. The highest BCUT2D eigenvalue weighted by Crippen LogP contribution is 2.29.